The monoisotopic (exact) mass is 561 g/mol. The van der Waals surface area contributed by atoms with Gasteiger partial charge in [0.2, 0.25) is 5.60 Å². The molecule has 1 aromatic heterocycles. The van der Waals surface area contributed by atoms with Crippen LogP contribution in [0, 0.1) is 12.8 Å². The molecule has 0 radical (unpaired) electrons. The molecule has 4 N–H and O–H groups in total. The highest BCUT2D eigenvalue weighted by Gasteiger charge is 2.48. The molecule has 0 spiro atoms. The van der Waals surface area contributed by atoms with Gasteiger partial charge in [0.1, 0.15) is 11.4 Å². The van der Waals surface area contributed by atoms with Gasteiger partial charge < -0.3 is 30.3 Å². The number of aryl methyl sites for hydroxylation is 1. The Hall–Kier alpha value is -3.09. The number of amides is 2. The van der Waals surface area contributed by atoms with Crippen molar-refractivity contribution >= 4 is 36.2 Å². The van der Waals surface area contributed by atoms with Crippen molar-refractivity contribution in [3.05, 3.63) is 46.2 Å². The second-order valence-corrected chi connectivity index (χ2v) is 10.9. The van der Waals surface area contributed by atoms with Gasteiger partial charge in [-0.05, 0) is 50.8 Å². The van der Waals surface area contributed by atoms with Crippen molar-refractivity contribution < 1.29 is 29.2 Å². The van der Waals surface area contributed by atoms with Gasteiger partial charge in [0.05, 0.1) is 36.0 Å². The van der Waals surface area contributed by atoms with E-state index in [1.807, 2.05) is 33.8 Å². The fraction of sp³-hybridized carbons (Fsp3) is 0.538. The van der Waals surface area contributed by atoms with E-state index in [-0.39, 0.29) is 42.1 Å². The van der Waals surface area contributed by atoms with Crippen LogP contribution >= 0.6 is 11.6 Å². The van der Waals surface area contributed by atoms with Gasteiger partial charge in [0.15, 0.2) is 0 Å². The predicted octanol–water partition coefficient (Wildman–Crippen LogP) is 2.46. The van der Waals surface area contributed by atoms with Crippen LogP contribution in [0.4, 0.5) is 0 Å². The number of rotatable bonds is 12. The first-order valence-corrected chi connectivity index (χ1v) is 13.3. The summed E-state index contributed by atoms with van der Waals surface area (Å²) in [5.74, 6) is -1.13. The Morgan fingerprint density at radius 1 is 1.28 bits per heavy atom. The minimum Gasteiger partial charge on any atom is -0.497 e. The molecule has 11 nitrogen and oxygen atoms in total. The molecule has 1 aromatic carbocycles. The average Bonchev–Trinajstić information content (AvgIpc) is 3.43. The van der Waals surface area contributed by atoms with E-state index in [4.69, 9.17) is 21.2 Å². The van der Waals surface area contributed by atoms with Gasteiger partial charge in [-0.2, -0.15) is 5.10 Å². The second-order valence-electron chi connectivity index (χ2n) is 10.5. The highest BCUT2D eigenvalue weighted by molar-refractivity contribution is 6.43. The summed E-state index contributed by atoms with van der Waals surface area (Å²) in [6.45, 7) is 9.38. The fourth-order valence-electron chi connectivity index (χ4n) is 4.48. The minimum atomic E-state index is -1.75. The number of methoxy groups -OCH3 is 1. The maximum absolute atomic E-state index is 13.6. The third-order valence-corrected chi connectivity index (χ3v) is 6.90. The molecular formula is C26H37BClN5O6. The number of aromatic nitrogens is 2. The molecule has 0 saturated carbocycles. The molecule has 13 heteroatoms. The van der Waals surface area contributed by atoms with E-state index in [0.717, 1.165) is 5.56 Å². The number of halogens is 1. The van der Waals surface area contributed by atoms with Crippen LogP contribution in [0.2, 0.25) is 5.02 Å². The number of hydrogen-bond donors (Lipinski definition) is 4. The van der Waals surface area contributed by atoms with Crippen molar-refractivity contribution in [1.82, 2.24) is 20.4 Å². The van der Waals surface area contributed by atoms with Crippen molar-refractivity contribution in [1.29, 1.82) is 0 Å². The highest BCUT2D eigenvalue weighted by Crippen LogP contribution is 2.31. The minimum absolute atomic E-state index is 0.0165. The summed E-state index contributed by atoms with van der Waals surface area (Å²) in [5, 5.41) is 34.1. The number of nitrogens with zero attached hydrogens (tertiary/aromatic N) is 3. The van der Waals surface area contributed by atoms with Crippen molar-refractivity contribution in [2.45, 2.75) is 71.5 Å². The third kappa shape index (κ3) is 7.31. The van der Waals surface area contributed by atoms with Crippen molar-refractivity contribution in [2.24, 2.45) is 11.1 Å². The number of carbonyl (C=O) groups excluding carboxylic acids is 2. The lowest BCUT2D eigenvalue weighted by molar-refractivity contribution is -0.144. The molecule has 1 aliphatic rings. The van der Waals surface area contributed by atoms with Gasteiger partial charge in [-0.15, -0.1) is 0 Å². The smallest absolute Gasteiger partial charge is 0.475 e. The summed E-state index contributed by atoms with van der Waals surface area (Å²) in [4.78, 5) is 32.4. The molecule has 1 aliphatic heterocycles. The van der Waals surface area contributed by atoms with Crippen molar-refractivity contribution in [3.63, 3.8) is 0 Å². The van der Waals surface area contributed by atoms with Crippen LogP contribution in [0.5, 0.6) is 5.75 Å². The molecule has 0 fully saturated rings. The van der Waals surface area contributed by atoms with Gasteiger partial charge in [-0.25, -0.2) is 0 Å². The standard InChI is InChI=1S/C26H37BClN5O6/c1-15(2)10-21(27(36)37)30-25(35)26(12-18-8-7-9-20(11-18)38-6)13-19(32-39-26)14-29-24(34)23-22(28)17(5)31-33(23)16(3)4/h7-9,11,15-16,21,36-37H,10,12-14H2,1-6H3,(H,29,34)(H,30,35)/t21-,26?/m0/s1. The molecule has 2 aromatic rings. The van der Waals surface area contributed by atoms with Gasteiger partial charge >= 0.3 is 7.12 Å². The Morgan fingerprint density at radius 3 is 2.62 bits per heavy atom. The fourth-order valence-corrected chi connectivity index (χ4v) is 4.69. The summed E-state index contributed by atoms with van der Waals surface area (Å²) in [7, 11) is -0.194. The Labute approximate surface area is 234 Å². The van der Waals surface area contributed by atoms with Crippen molar-refractivity contribution in [3.8, 4) is 5.75 Å². The molecule has 3 rings (SSSR count). The maximum Gasteiger partial charge on any atom is 0.475 e. The molecule has 2 amide bonds. The van der Waals surface area contributed by atoms with Gasteiger partial charge in [0.25, 0.3) is 11.8 Å². The van der Waals surface area contributed by atoms with Crippen LogP contribution < -0.4 is 15.4 Å². The van der Waals surface area contributed by atoms with Gasteiger partial charge in [-0.3, -0.25) is 14.3 Å². The summed E-state index contributed by atoms with van der Waals surface area (Å²) < 4.78 is 6.88. The summed E-state index contributed by atoms with van der Waals surface area (Å²) in [6.07, 6.45) is 0.562. The lowest BCUT2D eigenvalue weighted by atomic mass is 9.74. The van der Waals surface area contributed by atoms with Crippen LogP contribution in [0.3, 0.4) is 0 Å². The normalized spacial score (nSPS) is 17.6. The lowest BCUT2D eigenvalue weighted by Gasteiger charge is -2.29. The van der Waals surface area contributed by atoms with E-state index in [2.05, 4.69) is 20.9 Å². The Morgan fingerprint density at radius 2 is 2.00 bits per heavy atom. The summed E-state index contributed by atoms with van der Waals surface area (Å²) in [6, 6.07) is 7.15. The van der Waals surface area contributed by atoms with Crippen LogP contribution in [0.1, 0.15) is 68.3 Å². The second kappa shape index (κ2) is 12.8. The SMILES string of the molecule is COc1cccc(CC2(C(=O)N[C@@H](CC(C)C)B(O)O)CC(CNC(=O)c3c(Cl)c(C)nn3C(C)C)=NO2)c1. The number of benzene rings is 1. The first kappa shape index (κ1) is 30.5. The lowest BCUT2D eigenvalue weighted by Crippen LogP contribution is -2.56. The molecule has 0 bridgehead atoms. The van der Waals surface area contributed by atoms with Crippen LogP contribution in [0.15, 0.2) is 29.4 Å². The molecule has 0 saturated heterocycles. The Balaban J connectivity index is 1.80. The largest absolute Gasteiger partial charge is 0.497 e. The molecule has 0 aliphatic carbocycles. The highest BCUT2D eigenvalue weighted by atomic mass is 35.5. The number of hydrogen-bond acceptors (Lipinski definition) is 8. The van der Waals surface area contributed by atoms with Crippen LogP contribution in [-0.4, -0.2) is 69.7 Å². The van der Waals surface area contributed by atoms with Crippen LogP contribution in [0.25, 0.3) is 0 Å². The zero-order valence-electron chi connectivity index (χ0n) is 23.2. The van der Waals surface area contributed by atoms with Crippen molar-refractivity contribution in [2.75, 3.05) is 13.7 Å². The van der Waals surface area contributed by atoms with Crippen LogP contribution in [-0.2, 0) is 16.1 Å². The summed E-state index contributed by atoms with van der Waals surface area (Å²) in [5.41, 5.74) is 0.531. The molecular weight excluding hydrogens is 525 g/mol. The van der Waals surface area contributed by atoms with E-state index < -0.39 is 30.5 Å². The van der Waals surface area contributed by atoms with Gasteiger partial charge in [0, 0.05) is 18.9 Å². The van der Waals surface area contributed by atoms with E-state index >= 15 is 0 Å². The van der Waals surface area contributed by atoms with E-state index in [1.165, 1.54) is 0 Å². The van der Waals surface area contributed by atoms with Gasteiger partial charge in [-0.1, -0.05) is 42.7 Å². The quantitative estimate of drug-likeness (QED) is 0.291. The maximum atomic E-state index is 13.6. The van der Waals surface area contributed by atoms with E-state index in [1.54, 1.807) is 36.9 Å². The first-order chi connectivity index (χ1) is 18.4. The molecule has 212 valence electrons. The number of oxime groups is 1. The van der Waals surface area contributed by atoms with E-state index in [9.17, 15) is 19.6 Å². The molecule has 1 unspecified atom stereocenters. The third-order valence-electron chi connectivity index (χ3n) is 6.45. The first-order valence-electron chi connectivity index (χ1n) is 12.9. The predicted molar refractivity (Wildman–Crippen MR) is 149 cm³/mol. The van der Waals surface area contributed by atoms with E-state index in [0.29, 0.717) is 23.6 Å². The Kier molecular flexibility index (Phi) is 10.0. The molecule has 2 atom stereocenters. The zero-order chi connectivity index (χ0) is 28.9. The number of carbonyl (C=O) groups is 2. The topological polar surface area (TPSA) is 147 Å². The summed E-state index contributed by atoms with van der Waals surface area (Å²) >= 11 is 6.36. The molecule has 39 heavy (non-hydrogen) atoms. The zero-order valence-corrected chi connectivity index (χ0v) is 24.0. The average molecular weight is 562 g/mol. The molecule has 2 heterocycles. The Bertz CT molecular complexity index is 1220. The number of ether oxygens (including phenoxy) is 1. The number of nitrogens with one attached hydrogen (secondary N) is 2.